The molecule has 3 amide bonds. The Hall–Kier alpha value is -4.46. The van der Waals surface area contributed by atoms with Gasteiger partial charge in [0.15, 0.2) is 6.61 Å². The number of nitrogens with one attached hydrogen (secondary N) is 3. The number of rotatable bonds is 8. The minimum atomic E-state index is -0.890. The molecule has 0 saturated heterocycles. The van der Waals surface area contributed by atoms with Crippen LogP contribution in [0, 0.1) is 13.8 Å². The Morgan fingerprint density at radius 2 is 1.62 bits per heavy atom. The Labute approximate surface area is 198 Å². The van der Waals surface area contributed by atoms with E-state index in [1.807, 2.05) is 62.4 Å². The van der Waals surface area contributed by atoms with Gasteiger partial charge in [-0.2, -0.15) is 5.10 Å². The lowest BCUT2D eigenvalue weighted by molar-refractivity contribution is -0.139. The average Bonchev–Trinajstić information content (AvgIpc) is 2.84. The van der Waals surface area contributed by atoms with E-state index in [-0.39, 0.29) is 19.1 Å². The fourth-order valence-electron chi connectivity index (χ4n) is 2.95. The summed E-state index contributed by atoms with van der Waals surface area (Å²) in [5, 5.41) is 9.14. The molecule has 0 aliphatic carbocycles. The maximum absolute atomic E-state index is 12.3. The smallest absolute Gasteiger partial charge is 0.329 e. The third-order valence-corrected chi connectivity index (χ3v) is 4.94. The molecule has 0 aromatic heterocycles. The van der Waals surface area contributed by atoms with Crippen LogP contribution < -0.4 is 20.8 Å². The molecule has 0 saturated carbocycles. The summed E-state index contributed by atoms with van der Waals surface area (Å²) < 4.78 is 5.62. The van der Waals surface area contributed by atoms with Crippen molar-refractivity contribution >= 4 is 29.6 Å². The van der Waals surface area contributed by atoms with Crippen LogP contribution in [-0.2, 0) is 20.9 Å². The molecule has 3 aromatic carbocycles. The summed E-state index contributed by atoms with van der Waals surface area (Å²) in [7, 11) is 0. The number of para-hydroxylation sites is 1. The second-order valence-electron chi connectivity index (χ2n) is 7.54. The van der Waals surface area contributed by atoms with Crippen LogP contribution in [0.15, 0.2) is 77.9 Å². The monoisotopic (exact) mass is 458 g/mol. The van der Waals surface area contributed by atoms with Gasteiger partial charge >= 0.3 is 11.8 Å². The van der Waals surface area contributed by atoms with Crippen molar-refractivity contribution in [1.82, 2.24) is 10.7 Å². The maximum Gasteiger partial charge on any atom is 0.329 e. The van der Waals surface area contributed by atoms with Crippen molar-refractivity contribution in [2.45, 2.75) is 20.4 Å². The summed E-state index contributed by atoms with van der Waals surface area (Å²) in [6, 6.07) is 21.8. The van der Waals surface area contributed by atoms with Gasteiger partial charge < -0.3 is 15.4 Å². The van der Waals surface area contributed by atoms with E-state index in [1.165, 1.54) is 6.21 Å². The lowest BCUT2D eigenvalue weighted by Crippen LogP contribution is -2.37. The highest BCUT2D eigenvalue weighted by Crippen LogP contribution is 2.17. The van der Waals surface area contributed by atoms with Crippen LogP contribution in [0.1, 0.15) is 22.3 Å². The zero-order chi connectivity index (χ0) is 24.3. The van der Waals surface area contributed by atoms with Crippen LogP contribution in [0.2, 0.25) is 0 Å². The van der Waals surface area contributed by atoms with E-state index in [4.69, 9.17) is 4.74 Å². The quantitative estimate of drug-likeness (QED) is 0.274. The number of carbonyl (C=O) groups excluding carboxylic acids is 3. The van der Waals surface area contributed by atoms with Crippen molar-refractivity contribution in [3.05, 3.63) is 95.1 Å². The molecular weight excluding hydrogens is 432 g/mol. The van der Waals surface area contributed by atoms with E-state index in [0.717, 1.165) is 16.7 Å². The lowest BCUT2D eigenvalue weighted by atomic mass is 10.1. The van der Waals surface area contributed by atoms with E-state index in [1.54, 1.807) is 24.3 Å². The molecule has 0 spiro atoms. The largest absolute Gasteiger partial charge is 0.483 e. The third kappa shape index (κ3) is 7.30. The first-order chi connectivity index (χ1) is 16.4. The van der Waals surface area contributed by atoms with Crippen molar-refractivity contribution in [3.63, 3.8) is 0 Å². The highest BCUT2D eigenvalue weighted by Gasteiger charge is 2.12. The number of anilines is 1. The minimum Gasteiger partial charge on any atom is -0.483 e. The van der Waals surface area contributed by atoms with Crippen molar-refractivity contribution in [3.8, 4) is 5.75 Å². The van der Waals surface area contributed by atoms with Gasteiger partial charge in [0, 0.05) is 17.8 Å². The molecule has 3 N–H and O–H groups in total. The Morgan fingerprint density at radius 3 is 2.38 bits per heavy atom. The fourth-order valence-corrected chi connectivity index (χ4v) is 2.95. The normalized spacial score (nSPS) is 10.5. The molecule has 0 fully saturated rings. The van der Waals surface area contributed by atoms with Crippen molar-refractivity contribution in [2.24, 2.45) is 5.10 Å². The van der Waals surface area contributed by atoms with Gasteiger partial charge in [0.05, 0.1) is 6.21 Å². The Kier molecular flexibility index (Phi) is 8.51. The number of nitrogens with zero attached hydrogens (tertiary/aromatic N) is 1. The summed E-state index contributed by atoms with van der Waals surface area (Å²) in [6.07, 6.45) is 1.35. The number of hydrogen-bond acceptors (Lipinski definition) is 5. The van der Waals surface area contributed by atoms with Crippen molar-refractivity contribution in [2.75, 3.05) is 11.9 Å². The van der Waals surface area contributed by atoms with Gasteiger partial charge in [-0.05, 0) is 54.8 Å². The van der Waals surface area contributed by atoms with Gasteiger partial charge in [-0.25, -0.2) is 5.43 Å². The zero-order valence-corrected chi connectivity index (χ0v) is 19.0. The Morgan fingerprint density at radius 1 is 0.882 bits per heavy atom. The predicted octanol–water partition coefficient (Wildman–Crippen LogP) is 3.09. The first-order valence-electron chi connectivity index (χ1n) is 10.7. The molecule has 174 valence electrons. The Balaban J connectivity index is 1.50. The van der Waals surface area contributed by atoms with Crippen LogP contribution in [0.5, 0.6) is 5.75 Å². The van der Waals surface area contributed by atoms with Crippen LogP contribution in [-0.4, -0.2) is 30.5 Å². The van der Waals surface area contributed by atoms with E-state index in [9.17, 15) is 14.4 Å². The summed E-state index contributed by atoms with van der Waals surface area (Å²) in [6.45, 7) is 4.01. The molecule has 8 heteroatoms. The lowest BCUT2D eigenvalue weighted by Gasteiger charge is -2.10. The molecule has 0 heterocycles. The average molecular weight is 459 g/mol. The molecule has 0 bridgehead atoms. The molecular formula is C26H26N4O4. The van der Waals surface area contributed by atoms with E-state index in [0.29, 0.717) is 17.0 Å². The van der Waals surface area contributed by atoms with Crippen LogP contribution in [0.3, 0.4) is 0 Å². The number of hydrogen-bond donors (Lipinski definition) is 3. The number of amides is 3. The highest BCUT2D eigenvalue weighted by atomic mass is 16.5. The second-order valence-corrected chi connectivity index (χ2v) is 7.54. The van der Waals surface area contributed by atoms with Gasteiger partial charge in [-0.3, -0.25) is 14.4 Å². The predicted molar refractivity (Wildman–Crippen MR) is 131 cm³/mol. The van der Waals surface area contributed by atoms with E-state index >= 15 is 0 Å². The fraction of sp³-hybridized carbons (Fsp3) is 0.154. The molecule has 0 aliphatic rings. The van der Waals surface area contributed by atoms with Crippen molar-refractivity contribution in [1.29, 1.82) is 0 Å². The van der Waals surface area contributed by atoms with Gasteiger partial charge in [0.2, 0.25) is 0 Å². The summed E-state index contributed by atoms with van der Waals surface area (Å²) >= 11 is 0. The molecule has 0 aliphatic heterocycles. The second kappa shape index (κ2) is 12.0. The summed E-state index contributed by atoms with van der Waals surface area (Å²) in [5.41, 5.74) is 6.51. The summed E-state index contributed by atoms with van der Waals surface area (Å²) in [5.74, 6) is -1.59. The topological polar surface area (TPSA) is 109 Å². The highest BCUT2D eigenvalue weighted by molar-refractivity contribution is 6.35. The standard InChI is InChI=1S/C26H26N4O4/c1-18-12-13-22(14-19(18)2)29-24(31)17-34-23-11-7-6-10-21(23)16-28-30-26(33)25(32)27-15-20-8-4-3-5-9-20/h3-14,16H,15,17H2,1-2H3,(H,27,32)(H,29,31)(H,30,33)/b28-16-. The van der Waals surface area contributed by atoms with Gasteiger partial charge in [0.25, 0.3) is 5.91 Å². The molecule has 3 rings (SSSR count). The van der Waals surface area contributed by atoms with E-state index in [2.05, 4.69) is 21.2 Å². The Bertz CT molecular complexity index is 1190. The molecule has 0 atom stereocenters. The maximum atomic E-state index is 12.3. The number of benzene rings is 3. The molecule has 0 unspecified atom stereocenters. The first kappa shape index (κ1) is 24.2. The molecule has 0 radical (unpaired) electrons. The minimum absolute atomic E-state index is 0.202. The molecule has 34 heavy (non-hydrogen) atoms. The SMILES string of the molecule is Cc1ccc(NC(=O)COc2ccccc2/C=N\NC(=O)C(=O)NCc2ccccc2)cc1C. The summed E-state index contributed by atoms with van der Waals surface area (Å²) in [4.78, 5) is 36.1. The molecule has 8 nitrogen and oxygen atoms in total. The van der Waals surface area contributed by atoms with Crippen molar-refractivity contribution < 1.29 is 19.1 Å². The van der Waals surface area contributed by atoms with E-state index < -0.39 is 11.8 Å². The zero-order valence-electron chi connectivity index (χ0n) is 19.0. The van der Waals surface area contributed by atoms with Crippen LogP contribution >= 0.6 is 0 Å². The third-order valence-electron chi connectivity index (χ3n) is 4.94. The van der Waals surface area contributed by atoms with Gasteiger partial charge in [-0.1, -0.05) is 48.5 Å². The van der Waals surface area contributed by atoms with Gasteiger partial charge in [0.1, 0.15) is 5.75 Å². The first-order valence-corrected chi connectivity index (χ1v) is 10.7. The number of ether oxygens (including phenoxy) is 1. The number of hydrazone groups is 1. The van der Waals surface area contributed by atoms with Crippen LogP contribution in [0.25, 0.3) is 0 Å². The molecule has 3 aromatic rings. The number of carbonyl (C=O) groups is 3. The van der Waals surface area contributed by atoms with Crippen LogP contribution in [0.4, 0.5) is 5.69 Å². The van der Waals surface area contributed by atoms with Gasteiger partial charge in [-0.15, -0.1) is 0 Å². The number of aryl methyl sites for hydroxylation is 2.